The maximum Gasteiger partial charge on any atom is 0.191 e. The minimum absolute atomic E-state index is 0. The first-order chi connectivity index (χ1) is 11.0. The van der Waals surface area contributed by atoms with E-state index in [9.17, 15) is 0 Å². The monoisotopic (exact) mass is 467 g/mol. The maximum atomic E-state index is 4.66. The molecule has 0 saturated carbocycles. The van der Waals surface area contributed by atoms with Crippen LogP contribution in [0.4, 0.5) is 0 Å². The van der Waals surface area contributed by atoms with Gasteiger partial charge in [-0.15, -0.1) is 35.3 Å². The normalized spacial score (nSPS) is 13.1. The van der Waals surface area contributed by atoms with Gasteiger partial charge in [-0.2, -0.15) is 0 Å². The van der Waals surface area contributed by atoms with E-state index in [0.717, 1.165) is 24.1 Å². The zero-order valence-corrected chi connectivity index (χ0v) is 19.1. The fourth-order valence-corrected chi connectivity index (χ4v) is 3.48. The highest BCUT2D eigenvalue weighted by Gasteiger charge is 2.20. The molecule has 1 aromatic rings. The Labute approximate surface area is 168 Å². The molecule has 0 bridgehead atoms. The van der Waals surface area contributed by atoms with Gasteiger partial charge in [0.1, 0.15) is 5.01 Å². The van der Waals surface area contributed by atoms with Gasteiger partial charge in [0.25, 0.3) is 0 Å². The van der Waals surface area contributed by atoms with Crippen molar-refractivity contribution in [1.29, 1.82) is 0 Å². The number of nitrogens with zero attached hydrogens (tertiary/aromatic N) is 3. The molecule has 24 heavy (non-hydrogen) atoms. The van der Waals surface area contributed by atoms with Crippen molar-refractivity contribution in [2.24, 2.45) is 10.9 Å². The first-order valence-electron chi connectivity index (χ1n) is 8.61. The van der Waals surface area contributed by atoms with E-state index in [2.05, 4.69) is 67.3 Å². The van der Waals surface area contributed by atoms with Crippen LogP contribution in [-0.2, 0) is 6.54 Å². The number of aryl methyl sites for hydroxylation is 1. The van der Waals surface area contributed by atoms with Crippen LogP contribution >= 0.6 is 35.3 Å². The third-order valence-electron chi connectivity index (χ3n) is 4.12. The molecule has 1 aromatic heterocycles. The lowest BCUT2D eigenvalue weighted by molar-refractivity contribution is 0.200. The molecule has 140 valence electrons. The molecule has 1 unspecified atom stereocenters. The largest absolute Gasteiger partial charge is 0.357 e. The Morgan fingerprint density at radius 3 is 2.38 bits per heavy atom. The summed E-state index contributed by atoms with van der Waals surface area (Å²) in [6.07, 6.45) is 4.31. The van der Waals surface area contributed by atoms with Crippen molar-refractivity contribution in [3.05, 3.63) is 16.1 Å². The quantitative estimate of drug-likeness (QED) is 0.332. The number of hydrogen-bond acceptors (Lipinski definition) is 4. The second kappa shape index (κ2) is 12.9. The molecule has 5 nitrogen and oxygen atoms in total. The summed E-state index contributed by atoms with van der Waals surface area (Å²) < 4.78 is 0. The average Bonchev–Trinajstić information content (AvgIpc) is 2.94. The topological polar surface area (TPSA) is 52.6 Å². The summed E-state index contributed by atoms with van der Waals surface area (Å²) in [6.45, 7) is 11.1. The van der Waals surface area contributed by atoms with Gasteiger partial charge in [0, 0.05) is 30.2 Å². The Hall–Kier alpha value is -0.410. The van der Waals surface area contributed by atoms with Gasteiger partial charge in [0.2, 0.25) is 0 Å². The second-order valence-electron chi connectivity index (χ2n) is 6.05. The van der Waals surface area contributed by atoms with Crippen molar-refractivity contribution in [2.45, 2.75) is 53.1 Å². The van der Waals surface area contributed by atoms with Crippen molar-refractivity contribution >= 4 is 41.3 Å². The number of likely N-dealkylation sites (N-methyl/N-ethyl adjacent to an activating group) is 1. The third-order valence-corrected chi connectivity index (χ3v) is 5.02. The highest BCUT2D eigenvalue weighted by atomic mass is 127. The number of aromatic nitrogens is 1. The van der Waals surface area contributed by atoms with Gasteiger partial charge in [-0.1, -0.05) is 26.7 Å². The summed E-state index contributed by atoms with van der Waals surface area (Å²) in [7, 11) is 4.32. The van der Waals surface area contributed by atoms with Crippen LogP contribution < -0.4 is 10.6 Å². The van der Waals surface area contributed by atoms with E-state index in [1.54, 1.807) is 11.3 Å². The van der Waals surface area contributed by atoms with Crippen LogP contribution in [0.3, 0.4) is 0 Å². The molecule has 0 amide bonds. The molecule has 0 radical (unpaired) electrons. The molecule has 7 heteroatoms. The molecule has 0 aliphatic heterocycles. The minimum atomic E-state index is 0. The lowest BCUT2D eigenvalue weighted by Crippen LogP contribution is -2.48. The van der Waals surface area contributed by atoms with Crippen LogP contribution in [0, 0.1) is 12.8 Å². The van der Waals surface area contributed by atoms with Gasteiger partial charge in [-0.3, -0.25) is 0 Å². The van der Waals surface area contributed by atoms with Crippen LogP contribution in [0.5, 0.6) is 0 Å². The Kier molecular flexibility index (Phi) is 12.7. The smallest absolute Gasteiger partial charge is 0.191 e. The average molecular weight is 467 g/mol. The van der Waals surface area contributed by atoms with Crippen molar-refractivity contribution in [3.63, 3.8) is 0 Å². The molecule has 0 aliphatic carbocycles. The lowest BCUT2D eigenvalue weighted by atomic mass is 9.93. The molecule has 0 fully saturated rings. The number of thiazole rings is 1. The first-order valence-corrected chi connectivity index (χ1v) is 9.43. The van der Waals surface area contributed by atoms with Gasteiger partial charge in [-0.05, 0) is 33.9 Å². The van der Waals surface area contributed by atoms with Crippen molar-refractivity contribution in [3.8, 4) is 0 Å². The molecule has 0 spiro atoms. The zero-order valence-electron chi connectivity index (χ0n) is 15.9. The molecular weight excluding hydrogens is 433 g/mol. The summed E-state index contributed by atoms with van der Waals surface area (Å²) in [5, 5.41) is 7.89. The van der Waals surface area contributed by atoms with E-state index in [-0.39, 0.29) is 24.0 Å². The molecule has 0 saturated heterocycles. The molecule has 0 aliphatic rings. The molecule has 0 aromatic carbocycles. The predicted molar refractivity (Wildman–Crippen MR) is 117 cm³/mol. The fourth-order valence-electron chi connectivity index (χ4n) is 2.77. The molecule has 2 N–H and O–H groups in total. The molecule has 1 rings (SSSR count). The number of guanidine groups is 1. The summed E-state index contributed by atoms with van der Waals surface area (Å²) in [4.78, 5) is 12.6. The second-order valence-corrected chi connectivity index (χ2v) is 7.37. The Morgan fingerprint density at radius 1 is 1.25 bits per heavy atom. The van der Waals surface area contributed by atoms with Gasteiger partial charge in [0.05, 0.1) is 6.54 Å². The van der Waals surface area contributed by atoms with E-state index in [1.165, 1.54) is 17.7 Å². The van der Waals surface area contributed by atoms with Gasteiger partial charge < -0.3 is 15.5 Å². The van der Waals surface area contributed by atoms with E-state index in [1.807, 2.05) is 6.20 Å². The van der Waals surface area contributed by atoms with Gasteiger partial charge in [-0.25, -0.2) is 9.98 Å². The highest BCUT2D eigenvalue weighted by Crippen LogP contribution is 2.16. The van der Waals surface area contributed by atoms with E-state index >= 15 is 0 Å². The number of nitrogens with one attached hydrogen (secondary N) is 2. The fraction of sp³-hybridized carbons (Fsp3) is 0.765. The predicted octanol–water partition coefficient (Wildman–Crippen LogP) is 3.49. The van der Waals surface area contributed by atoms with Crippen LogP contribution in [0.1, 0.15) is 43.5 Å². The van der Waals surface area contributed by atoms with Crippen molar-refractivity contribution < 1.29 is 0 Å². The molecule has 1 heterocycles. The van der Waals surface area contributed by atoms with Crippen LogP contribution in [-0.4, -0.2) is 49.1 Å². The third kappa shape index (κ3) is 8.11. The molecule has 1 atom stereocenters. The summed E-state index contributed by atoms with van der Waals surface area (Å²) in [6, 6.07) is 0.510. The SMILES string of the molecule is CCNC(=NCc1ncc(C)s1)NCC(C(CC)CC)N(C)C.I. The Morgan fingerprint density at radius 2 is 1.92 bits per heavy atom. The number of rotatable bonds is 9. The number of hydrogen-bond donors (Lipinski definition) is 2. The minimum Gasteiger partial charge on any atom is -0.357 e. The Bertz CT molecular complexity index is 471. The zero-order chi connectivity index (χ0) is 17.2. The van der Waals surface area contributed by atoms with E-state index in [0.29, 0.717) is 18.5 Å². The van der Waals surface area contributed by atoms with E-state index < -0.39 is 0 Å². The lowest BCUT2D eigenvalue weighted by Gasteiger charge is -2.32. The maximum absolute atomic E-state index is 4.66. The van der Waals surface area contributed by atoms with Crippen molar-refractivity contribution in [2.75, 3.05) is 27.2 Å². The number of aliphatic imine (C=N–C) groups is 1. The summed E-state index contributed by atoms with van der Waals surface area (Å²) >= 11 is 1.71. The molecular formula is C17H34IN5S. The number of halogens is 1. The standard InChI is InChI=1S/C17H33N5S.HI/c1-7-14(8-2)15(22(5)6)11-20-17(18-9-3)21-12-16-19-10-13(4)23-16;/h10,14-15H,7-9,11-12H2,1-6H3,(H2,18,20,21);1H. The summed E-state index contributed by atoms with van der Waals surface area (Å²) in [5.74, 6) is 1.57. The van der Waals surface area contributed by atoms with Gasteiger partial charge >= 0.3 is 0 Å². The highest BCUT2D eigenvalue weighted by molar-refractivity contribution is 14.0. The van der Waals surface area contributed by atoms with Crippen LogP contribution in [0.15, 0.2) is 11.2 Å². The van der Waals surface area contributed by atoms with Gasteiger partial charge in [0.15, 0.2) is 5.96 Å². The van der Waals surface area contributed by atoms with E-state index in [4.69, 9.17) is 0 Å². The summed E-state index contributed by atoms with van der Waals surface area (Å²) in [5.41, 5.74) is 0. The first kappa shape index (κ1) is 23.6. The van der Waals surface area contributed by atoms with Crippen molar-refractivity contribution in [1.82, 2.24) is 20.5 Å². The Balaban J connectivity index is 0.00000529. The van der Waals surface area contributed by atoms with Crippen LogP contribution in [0.2, 0.25) is 0 Å². The van der Waals surface area contributed by atoms with Crippen LogP contribution in [0.25, 0.3) is 0 Å².